The normalized spacial score (nSPS) is 11.3. The van der Waals surface area contributed by atoms with E-state index in [4.69, 9.17) is 59.8 Å². The summed E-state index contributed by atoms with van der Waals surface area (Å²) in [6.07, 6.45) is 0. The Kier molecular flexibility index (Phi) is 18.1. The molecule has 0 unspecified atom stereocenters. The number of nitriles is 2. The summed E-state index contributed by atoms with van der Waals surface area (Å²) in [6, 6.07) is 129. The molecule has 6 heterocycles. The Balaban J connectivity index is 0.831. The Labute approximate surface area is 694 Å². The van der Waals surface area contributed by atoms with Gasteiger partial charge in [0.05, 0.1) is 56.7 Å². The molecule has 564 valence electrons. The van der Waals surface area contributed by atoms with Crippen molar-refractivity contribution < 1.29 is 0 Å². The lowest BCUT2D eigenvalue weighted by molar-refractivity contribution is 1.07. The fraction of sp³-hybridized carbons (Fsp3) is 0.00952. The summed E-state index contributed by atoms with van der Waals surface area (Å²) >= 11 is 0. The SMILES string of the molecule is Cc1ccc(-c2ccc(-n3c4ccc(-c5nc(-c6ccccc6)nc(-c6ccccc6)n5)cc4c4cc(-c5nc(-c6ccccc6)nc(-c6ccccc6)n5)ccc43)c(-c3c(C#N)cccc3-n3c4ccc(-c5nc(-c6ccccc6)nc(-c6ccccc6)n5)cc4c4cc(-c5nc(-c6ccccc6)nc(-c6ccccc6)n5)ccc43)c2)c(C#N)c1. The largest absolute Gasteiger partial charge is 0.309 e. The minimum atomic E-state index is 0.393. The van der Waals surface area contributed by atoms with Gasteiger partial charge in [0.1, 0.15) is 0 Å². The topological polar surface area (TPSA) is 212 Å². The zero-order chi connectivity index (χ0) is 80.9. The maximum Gasteiger partial charge on any atom is 0.164 e. The Bertz CT molecular complexity index is 7110. The number of aryl methyl sites for hydroxylation is 1. The summed E-state index contributed by atoms with van der Waals surface area (Å²) in [7, 11) is 0. The maximum absolute atomic E-state index is 12.1. The van der Waals surface area contributed by atoms with Gasteiger partial charge < -0.3 is 9.13 Å². The summed E-state index contributed by atoms with van der Waals surface area (Å²) in [6.45, 7) is 1.99. The van der Waals surface area contributed by atoms with E-state index in [1.807, 2.05) is 280 Å². The van der Waals surface area contributed by atoms with Crippen molar-refractivity contribution in [3.63, 3.8) is 0 Å². The van der Waals surface area contributed by atoms with E-state index >= 15 is 0 Å². The van der Waals surface area contributed by atoms with E-state index in [9.17, 15) is 10.5 Å². The fourth-order valence-corrected chi connectivity index (χ4v) is 16.1. The summed E-state index contributed by atoms with van der Waals surface area (Å²) in [5.41, 5.74) is 19.0. The number of hydrogen-bond donors (Lipinski definition) is 0. The lowest BCUT2D eigenvalue weighted by Crippen LogP contribution is -2.04. The van der Waals surface area contributed by atoms with Gasteiger partial charge in [-0.15, -0.1) is 0 Å². The zero-order valence-electron chi connectivity index (χ0n) is 64.9. The van der Waals surface area contributed by atoms with E-state index in [2.05, 4.69) is 118 Å². The van der Waals surface area contributed by atoms with Crippen molar-refractivity contribution in [2.45, 2.75) is 6.92 Å². The van der Waals surface area contributed by atoms with E-state index in [-0.39, 0.29) is 0 Å². The average molecular weight is 1550 g/mol. The summed E-state index contributed by atoms with van der Waals surface area (Å²) in [5.74, 6) is 6.09. The predicted octanol–water partition coefficient (Wildman–Crippen LogP) is 24.0. The molecule has 0 N–H and O–H groups in total. The molecule has 21 aromatic rings. The van der Waals surface area contributed by atoms with Gasteiger partial charge in [0, 0.05) is 99.4 Å². The molecule has 6 aromatic heterocycles. The van der Waals surface area contributed by atoms with Crippen LogP contribution in [0.15, 0.2) is 370 Å². The van der Waals surface area contributed by atoms with E-state index < -0.39 is 0 Å². The molecule has 0 aliphatic carbocycles. The molecule has 21 rings (SSSR count). The molecule has 0 amide bonds. The third-order valence-electron chi connectivity index (χ3n) is 21.9. The minimum absolute atomic E-state index is 0.393. The second kappa shape index (κ2) is 30.6. The third-order valence-corrected chi connectivity index (χ3v) is 21.9. The quantitative estimate of drug-likeness (QED) is 0.0881. The molecule has 0 aliphatic heterocycles. The molecular formula is C105H64N16. The summed E-state index contributed by atoms with van der Waals surface area (Å²) in [4.78, 5) is 62.5. The van der Waals surface area contributed by atoms with E-state index in [0.717, 1.165) is 133 Å². The Morgan fingerprint density at radius 1 is 0.198 bits per heavy atom. The van der Waals surface area contributed by atoms with Gasteiger partial charge in [-0.2, -0.15) is 10.5 Å². The van der Waals surface area contributed by atoms with Crippen molar-refractivity contribution in [3.8, 4) is 182 Å². The number of hydrogen-bond acceptors (Lipinski definition) is 14. The number of aromatic nitrogens is 14. The highest BCUT2D eigenvalue weighted by Crippen LogP contribution is 2.47. The van der Waals surface area contributed by atoms with Crippen LogP contribution in [0.4, 0.5) is 0 Å². The van der Waals surface area contributed by atoms with Gasteiger partial charge in [0.2, 0.25) is 0 Å². The molecular weight excluding hydrogens is 1490 g/mol. The van der Waals surface area contributed by atoms with E-state index in [0.29, 0.717) is 97.8 Å². The van der Waals surface area contributed by atoms with Crippen molar-refractivity contribution >= 4 is 43.6 Å². The zero-order valence-corrected chi connectivity index (χ0v) is 64.9. The van der Waals surface area contributed by atoms with Crippen LogP contribution in [-0.2, 0) is 0 Å². The first-order valence-electron chi connectivity index (χ1n) is 39.6. The molecule has 16 heteroatoms. The molecule has 121 heavy (non-hydrogen) atoms. The Morgan fingerprint density at radius 2 is 0.455 bits per heavy atom. The maximum atomic E-state index is 12.1. The lowest BCUT2D eigenvalue weighted by atomic mass is 9.91. The smallest absolute Gasteiger partial charge is 0.164 e. The molecule has 0 aliphatic rings. The van der Waals surface area contributed by atoms with E-state index in [1.54, 1.807) is 0 Å². The lowest BCUT2D eigenvalue weighted by Gasteiger charge is -2.21. The van der Waals surface area contributed by atoms with Gasteiger partial charge in [-0.25, -0.2) is 59.8 Å². The van der Waals surface area contributed by atoms with Gasteiger partial charge in [0.25, 0.3) is 0 Å². The standard InChI is InChI=1S/C105H64N16/c1-65-45-51-81(80(57-65)64-107)74-46-52-91(120-87-53-47-75(102-112-94(66-27-10-2-11-28-66)108-95(113-102)67-29-12-3-13-30-67)59-82(87)83-60-76(48-54-88(83)120)103-114-96(68-31-14-4-15-32-68)109-97(115-103)69-33-16-5-17-34-69)86(58-74)93-79(63-106)43-26-44-92(93)121-89-55-49-77(104-116-98(70-35-18-6-19-36-70)110-99(117-104)71-37-20-7-21-38-71)61-84(89)85-62-78(50-56-90(85)121)105-118-100(72-39-22-8-23-40-72)111-101(119-105)73-41-24-9-25-42-73/h2-62H,1H3. The molecule has 0 radical (unpaired) electrons. The number of fused-ring (bicyclic) bond motifs is 6. The van der Waals surface area contributed by atoms with Gasteiger partial charge in [-0.05, 0) is 127 Å². The molecule has 0 saturated carbocycles. The fourth-order valence-electron chi connectivity index (χ4n) is 16.1. The highest BCUT2D eigenvalue weighted by atomic mass is 15.1. The molecule has 0 spiro atoms. The monoisotopic (exact) mass is 1550 g/mol. The van der Waals surface area contributed by atoms with Crippen LogP contribution in [0, 0.1) is 29.6 Å². The third kappa shape index (κ3) is 13.5. The molecule has 0 saturated heterocycles. The van der Waals surface area contributed by atoms with Gasteiger partial charge in [0.15, 0.2) is 69.9 Å². The number of nitrogens with zero attached hydrogens (tertiary/aromatic N) is 16. The van der Waals surface area contributed by atoms with Crippen LogP contribution >= 0.6 is 0 Å². The molecule has 0 atom stereocenters. The van der Waals surface area contributed by atoms with Gasteiger partial charge >= 0.3 is 0 Å². The van der Waals surface area contributed by atoms with Gasteiger partial charge in [-0.1, -0.05) is 267 Å². The highest BCUT2D eigenvalue weighted by molar-refractivity contribution is 6.14. The first-order chi connectivity index (χ1) is 59.8. The molecule has 0 bridgehead atoms. The van der Waals surface area contributed by atoms with Crippen molar-refractivity contribution in [2.75, 3.05) is 0 Å². The van der Waals surface area contributed by atoms with Crippen molar-refractivity contribution in [1.29, 1.82) is 10.5 Å². The molecule has 15 aromatic carbocycles. The van der Waals surface area contributed by atoms with Crippen molar-refractivity contribution in [2.24, 2.45) is 0 Å². The summed E-state index contributed by atoms with van der Waals surface area (Å²) < 4.78 is 4.53. The van der Waals surface area contributed by atoms with Crippen LogP contribution in [-0.4, -0.2) is 68.9 Å². The van der Waals surface area contributed by atoms with Crippen LogP contribution in [0.3, 0.4) is 0 Å². The molecule has 0 fully saturated rings. The van der Waals surface area contributed by atoms with Crippen LogP contribution in [0.1, 0.15) is 16.7 Å². The highest BCUT2D eigenvalue weighted by Gasteiger charge is 2.28. The van der Waals surface area contributed by atoms with E-state index in [1.165, 1.54) is 0 Å². The Hall–Kier alpha value is -17.1. The first kappa shape index (κ1) is 71.7. The number of rotatable bonds is 16. The van der Waals surface area contributed by atoms with Crippen LogP contribution < -0.4 is 0 Å². The van der Waals surface area contributed by atoms with Crippen LogP contribution in [0.5, 0.6) is 0 Å². The van der Waals surface area contributed by atoms with Crippen LogP contribution in [0.25, 0.3) is 214 Å². The van der Waals surface area contributed by atoms with Crippen molar-refractivity contribution in [3.05, 3.63) is 387 Å². The second-order valence-corrected chi connectivity index (χ2v) is 29.5. The van der Waals surface area contributed by atoms with Crippen LogP contribution in [0.2, 0.25) is 0 Å². The van der Waals surface area contributed by atoms with Crippen molar-refractivity contribution in [1.82, 2.24) is 68.9 Å². The summed E-state index contributed by atoms with van der Waals surface area (Å²) in [5, 5.41) is 26.6. The van der Waals surface area contributed by atoms with Gasteiger partial charge in [-0.3, -0.25) is 0 Å². The average Bonchev–Trinajstić information content (AvgIpc) is 1.58. The second-order valence-electron chi connectivity index (χ2n) is 29.5. The Morgan fingerprint density at radius 3 is 0.727 bits per heavy atom. The number of benzene rings is 15. The molecule has 16 nitrogen and oxygen atoms in total. The minimum Gasteiger partial charge on any atom is -0.309 e. The predicted molar refractivity (Wildman–Crippen MR) is 479 cm³/mol. The first-order valence-corrected chi connectivity index (χ1v) is 39.6.